The maximum Gasteiger partial charge on any atom is 0.257 e. The normalized spacial score (nSPS) is 20.0. The van der Waals surface area contributed by atoms with Gasteiger partial charge in [-0.2, -0.15) is 4.98 Å². The number of hydrogen-bond donors (Lipinski definition) is 0. The van der Waals surface area contributed by atoms with Crippen molar-refractivity contribution in [2.75, 3.05) is 19.3 Å². The maximum atomic E-state index is 11.6. The molecule has 1 aromatic heterocycles. The highest BCUT2D eigenvalue weighted by Gasteiger charge is 2.27. The Labute approximate surface area is 167 Å². The van der Waals surface area contributed by atoms with E-state index in [0.29, 0.717) is 10.8 Å². The van der Waals surface area contributed by atoms with Crippen molar-refractivity contribution in [3.8, 4) is 11.5 Å². The SMILES string of the molecule is CS(=O)(=O)c1ccc(-c2nc(CCC3CCN(C4CCCC4)CC3)no2)cc1. The summed E-state index contributed by atoms with van der Waals surface area (Å²) in [6, 6.07) is 7.42. The molecule has 7 heteroatoms. The first-order valence-electron chi connectivity index (χ1n) is 10.4. The van der Waals surface area contributed by atoms with E-state index in [1.807, 2.05) is 0 Å². The number of benzene rings is 1. The smallest absolute Gasteiger partial charge is 0.257 e. The number of nitrogens with zero attached hydrogens (tertiary/aromatic N) is 3. The molecule has 1 aliphatic carbocycles. The largest absolute Gasteiger partial charge is 0.334 e. The second-order valence-corrected chi connectivity index (χ2v) is 10.3. The van der Waals surface area contributed by atoms with Crippen LogP contribution in [0.15, 0.2) is 33.7 Å². The molecule has 2 fully saturated rings. The lowest BCUT2D eigenvalue weighted by Crippen LogP contribution is -2.40. The minimum Gasteiger partial charge on any atom is -0.334 e. The molecule has 0 atom stereocenters. The van der Waals surface area contributed by atoms with Gasteiger partial charge in [0.2, 0.25) is 0 Å². The summed E-state index contributed by atoms with van der Waals surface area (Å²) in [5, 5.41) is 4.11. The number of aryl methyl sites for hydroxylation is 1. The van der Waals surface area contributed by atoms with Gasteiger partial charge in [-0.15, -0.1) is 0 Å². The van der Waals surface area contributed by atoms with Gasteiger partial charge in [0.15, 0.2) is 15.7 Å². The van der Waals surface area contributed by atoms with Crippen molar-refractivity contribution in [3.63, 3.8) is 0 Å². The number of likely N-dealkylation sites (tertiary alicyclic amines) is 1. The van der Waals surface area contributed by atoms with Crippen LogP contribution >= 0.6 is 0 Å². The molecule has 0 N–H and O–H groups in total. The molecule has 0 unspecified atom stereocenters. The molecule has 1 aliphatic heterocycles. The highest BCUT2D eigenvalue weighted by atomic mass is 32.2. The molecule has 0 spiro atoms. The van der Waals surface area contributed by atoms with Crippen LogP contribution in [0.5, 0.6) is 0 Å². The lowest BCUT2D eigenvalue weighted by atomic mass is 9.91. The minimum absolute atomic E-state index is 0.292. The zero-order chi connectivity index (χ0) is 19.6. The van der Waals surface area contributed by atoms with E-state index in [-0.39, 0.29) is 0 Å². The van der Waals surface area contributed by atoms with Gasteiger partial charge in [-0.3, -0.25) is 0 Å². The molecule has 0 amide bonds. The fourth-order valence-corrected chi connectivity index (χ4v) is 5.16. The summed E-state index contributed by atoms with van der Waals surface area (Å²) in [6.45, 7) is 2.47. The first kappa shape index (κ1) is 19.6. The average molecular weight is 404 g/mol. The lowest BCUT2D eigenvalue weighted by Gasteiger charge is -2.36. The summed E-state index contributed by atoms with van der Waals surface area (Å²) in [5.41, 5.74) is 0.746. The summed E-state index contributed by atoms with van der Waals surface area (Å²) in [5.74, 6) is 1.93. The molecular weight excluding hydrogens is 374 g/mol. The molecule has 2 aromatic rings. The standard InChI is InChI=1S/C21H29N3O3S/c1-28(25,26)19-9-7-17(8-10-19)21-22-20(23-27-21)11-6-16-12-14-24(15-13-16)18-4-2-3-5-18/h7-10,16,18H,2-6,11-15H2,1H3. The lowest BCUT2D eigenvalue weighted by molar-refractivity contribution is 0.131. The van der Waals surface area contributed by atoms with Crippen LogP contribution in [0.25, 0.3) is 11.5 Å². The molecule has 2 aliphatic rings. The van der Waals surface area contributed by atoms with Crippen molar-refractivity contribution in [3.05, 3.63) is 30.1 Å². The summed E-state index contributed by atoms with van der Waals surface area (Å²) in [4.78, 5) is 7.49. The number of sulfone groups is 1. The Morgan fingerprint density at radius 2 is 1.75 bits per heavy atom. The molecule has 6 nitrogen and oxygen atoms in total. The third-order valence-electron chi connectivity index (χ3n) is 6.26. The highest BCUT2D eigenvalue weighted by Crippen LogP contribution is 2.29. The van der Waals surface area contributed by atoms with Crippen molar-refractivity contribution in [2.24, 2.45) is 5.92 Å². The van der Waals surface area contributed by atoms with Crippen LogP contribution < -0.4 is 0 Å². The third kappa shape index (κ3) is 4.63. The Bertz CT molecular complexity index is 878. The van der Waals surface area contributed by atoms with Gasteiger partial charge in [-0.25, -0.2) is 8.42 Å². The number of rotatable bonds is 6. The van der Waals surface area contributed by atoms with E-state index in [1.54, 1.807) is 24.3 Å². The Morgan fingerprint density at radius 1 is 1.07 bits per heavy atom. The topological polar surface area (TPSA) is 76.3 Å². The maximum absolute atomic E-state index is 11.6. The minimum atomic E-state index is -3.20. The van der Waals surface area contributed by atoms with Gasteiger partial charge in [0.05, 0.1) is 4.90 Å². The predicted octanol–water partition coefficient (Wildman–Crippen LogP) is 3.73. The highest BCUT2D eigenvalue weighted by molar-refractivity contribution is 7.90. The molecule has 28 heavy (non-hydrogen) atoms. The van der Waals surface area contributed by atoms with Gasteiger partial charge in [0.1, 0.15) is 0 Å². The molecule has 152 valence electrons. The Balaban J connectivity index is 1.28. The quantitative estimate of drug-likeness (QED) is 0.731. The van der Waals surface area contributed by atoms with Crippen LogP contribution in [0, 0.1) is 5.92 Å². The van der Waals surface area contributed by atoms with E-state index < -0.39 is 9.84 Å². The molecule has 1 saturated carbocycles. The second-order valence-electron chi connectivity index (χ2n) is 8.27. The van der Waals surface area contributed by atoms with E-state index in [1.165, 1.54) is 57.9 Å². The van der Waals surface area contributed by atoms with Crippen LogP contribution in [0.3, 0.4) is 0 Å². The fourth-order valence-electron chi connectivity index (χ4n) is 4.53. The van der Waals surface area contributed by atoms with Gasteiger partial charge < -0.3 is 9.42 Å². The predicted molar refractivity (Wildman–Crippen MR) is 108 cm³/mol. The second kappa shape index (κ2) is 8.33. The number of piperidine rings is 1. The van der Waals surface area contributed by atoms with Crippen molar-refractivity contribution >= 4 is 9.84 Å². The van der Waals surface area contributed by atoms with Gasteiger partial charge in [0.25, 0.3) is 5.89 Å². The van der Waals surface area contributed by atoms with Crippen molar-refractivity contribution < 1.29 is 12.9 Å². The van der Waals surface area contributed by atoms with Gasteiger partial charge in [-0.05, 0) is 75.4 Å². The van der Waals surface area contributed by atoms with Crippen molar-refractivity contribution in [2.45, 2.75) is 62.3 Å². The number of aromatic nitrogens is 2. The molecule has 4 rings (SSSR count). The zero-order valence-electron chi connectivity index (χ0n) is 16.5. The molecule has 0 bridgehead atoms. The van der Waals surface area contributed by atoms with Crippen molar-refractivity contribution in [1.29, 1.82) is 0 Å². The van der Waals surface area contributed by atoms with Crippen LogP contribution in [0.2, 0.25) is 0 Å². The van der Waals surface area contributed by atoms with Gasteiger partial charge >= 0.3 is 0 Å². The van der Waals surface area contributed by atoms with Crippen LogP contribution in [0.4, 0.5) is 0 Å². The summed E-state index contributed by atoms with van der Waals surface area (Å²) in [7, 11) is -3.20. The first-order chi connectivity index (χ1) is 13.5. The third-order valence-corrected chi connectivity index (χ3v) is 7.39. The Hall–Kier alpha value is -1.73. The van der Waals surface area contributed by atoms with Gasteiger partial charge in [0, 0.05) is 24.3 Å². The van der Waals surface area contributed by atoms with E-state index in [9.17, 15) is 8.42 Å². The average Bonchev–Trinajstić information content (AvgIpc) is 3.38. The molecular formula is C21H29N3O3S. The Kier molecular flexibility index (Phi) is 5.83. The molecule has 1 aromatic carbocycles. The van der Waals surface area contributed by atoms with E-state index in [2.05, 4.69) is 15.0 Å². The monoisotopic (exact) mass is 403 g/mol. The zero-order valence-corrected chi connectivity index (χ0v) is 17.3. The van der Waals surface area contributed by atoms with Crippen LogP contribution in [-0.2, 0) is 16.3 Å². The van der Waals surface area contributed by atoms with Gasteiger partial charge in [-0.1, -0.05) is 18.0 Å². The summed E-state index contributed by atoms with van der Waals surface area (Å²) < 4.78 is 28.5. The number of hydrogen-bond acceptors (Lipinski definition) is 6. The summed E-state index contributed by atoms with van der Waals surface area (Å²) in [6.07, 6.45) is 11.3. The molecule has 1 saturated heterocycles. The van der Waals surface area contributed by atoms with Crippen LogP contribution in [-0.4, -0.2) is 48.8 Å². The van der Waals surface area contributed by atoms with E-state index >= 15 is 0 Å². The summed E-state index contributed by atoms with van der Waals surface area (Å²) >= 11 is 0. The molecule has 2 heterocycles. The van der Waals surface area contributed by atoms with E-state index in [0.717, 1.165) is 36.2 Å². The van der Waals surface area contributed by atoms with E-state index in [4.69, 9.17) is 4.52 Å². The first-order valence-corrected chi connectivity index (χ1v) is 12.3. The molecule has 0 radical (unpaired) electrons. The van der Waals surface area contributed by atoms with Crippen LogP contribution in [0.1, 0.15) is 50.8 Å². The fraction of sp³-hybridized carbons (Fsp3) is 0.619. The van der Waals surface area contributed by atoms with Crippen molar-refractivity contribution in [1.82, 2.24) is 15.0 Å². The Morgan fingerprint density at radius 3 is 2.39 bits per heavy atom.